The molecular formula is C35H34N2O12. The lowest BCUT2D eigenvalue weighted by Crippen LogP contribution is -2.30. The van der Waals surface area contributed by atoms with E-state index in [0.717, 1.165) is 0 Å². The zero-order valence-electron chi connectivity index (χ0n) is 27.0. The van der Waals surface area contributed by atoms with Crippen LogP contribution in [-0.4, -0.2) is 62.4 Å². The molecule has 3 rings (SSSR count). The van der Waals surface area contributed by atoms with Gasteiger partial charge in [0.25, 0.3) is 0 Å². The van der Waals surface area contributed by atoms with E-state index in [1.807, 2.05) is 0 Å². The number of rotatable bonds is 14. The second-order valence-electron chi connectivity index (χ2n) is 10.2. The smallest absolute Gasteiger partial charge is 0.412 e. The lowest BCUT2D eigenvalue weighted by Gasteiger charge is -2.11. The van der Waals surface area contributed by atoms with Crippen molar-refractivity contribution in [2.24, 2.45) is 0 Å². The number of hydrogen-bond donors (Lipinski definition) is 2. The maximum absolute atomic E-state index is 12.7. The van der Waals surface area contributed by atoms with Crippen LogP contribution in [0.4, 0.5) is 9.59 Å². The first kappa shape index (κ1) is 37.0. The highest BCUT2D eigenvalue weighted by Gasteiger charge is 2.15. The van der Waals surface area contributed by atoms with Gasteiger partial charge in [-0.1, -0.05) is 13.2 Å². The number of carbonyl (C=O) groups excluding carboxylic acids is 6. The summed E-state index contributed by atoms with van der Waals surface area (Å²) < 4.78 is 30.9. The maximum Gasteiger partial charge on any atom is 0.412 e. The van der Waals surface area contributed by atoms with Gasteiger partial charge in [0.15, 0.2) is 0 Å². The summed E-state index contributed by atoms with van der Waals surface area (Å²) in [6.45, 7) is 11.6. The maximum atomic E-state index is 12.7. The first-order valence-corrected chi connectivity index (χ1v) is 14.6. The number of amides is 2. The van der Waals surface area contributed by atoms with E-state index >= 15 is 0 Å². The van der Waals surface area contributed by atoms with Gasteiger partial charge in [0.1, 0.15) is 36.2 Å². The molecule has 2 amide bonds. The van der Waals surface area contributed by atoms with E-state index in [1.54, 1.807) is 6.92 Å². The first-order chi connectivity index (χ1) is 23.3. The third kappa shape index (κ3) is 12.4. The second-order valence-corrected chi connectivity index (χ2v) is 10.2. The molecule has 14 nitrogen and oxygen atoms in total. The fraction of sp³-hybridized carbons (Fsp3) is 0.200. The molecule has 0 heterocycles. The van der Waals surface area contributed by atoms with Gasteiger partial charge in [-0.2, -0.15) is 0 Å². The van der Waals surface area contributed by atoms with Crippen molar-refractivity contribution in [2.75, 3.05) is 26.3 Å². The minimum atomic E-state index is -0.776. The van der Waals surface area contributed by atoms with Crippen LogP contribution in [0.1, 0.15) is 40.1 Å². The van der Waals surface area contributed by atoms with Crippen LogP contribution in [0.5, 0.6) is 23.0 Å². The fourth-order valence-electron chi connectivity index (χ4n) is 3.57. The number of esters is 4. The summed E-state index contributed by atoms with van der Waals surface area (Å²) in [4.78, 5) is 71.9. The minimum Gasteiger partial charge on any atom is -0.460 e. The van der Waals surface area contributed by atoms with Crippen LogP contribution in [-0.2, 0) is 19.1 Å². The molecule has 0 saturated heterocycles. The van der Waals surface area contributed by atoms with Crippen molar-refractivity contribution < 1.29 is 57.2 Å². The number of carbonyl (C=O) groups is 6. The molecule has 0 atom stereocenters. The summed E-state index contributed by atoms with van der Waals surface area (Å²) in [6, 6.07) is 15.7. The topological polar surface area (TPSA) is 182 Å². The van der Waals surface area contributed by atoms with Gasteiger partial charge in [0.05, 0.1) is 24.2 Å². The van der Waals surface area contributed by atoms with E-state index in [4.69, 9.17) is 28.4 Å². The molecule has 0 radical (unpaired) electrons. The molecule has 2 N–H and O–H groups in total. The zero-order chi connectivity index (χ0) is 35.9. The van der Waals surface area contributed by atoms with E-state index in [-0.39, 0.29) is 71.6 Å². The Morgan fingerprint density at radius 1 is 0.571 bits per heavy atom. The van der Waals surface area contributed by atoms with Gasteiger partial charge in [-0.3, -0.25) is 0 Å². The average molecular weight is 675 g/mol. The lowest BCUT2D eigenvalue weighted by atomic mass is 10.2. The summed E-state index contributed by atoms with van der Waals surface area (Å²) in [5.74, 6) is -1.73. The Morgan fingerprint density at radius 2 is 0.980 bits per heavy atom. The molecule has 14 heteroatoms. The van der Waals surface area contributed by atoms with E-state index in [9.17, 15) is 28.8 Å². The standard InChI is InChI=1S/C35H34N2O12/c1-21(2)30(38)44-18-16-36-34(42)47-26-10-6-24(7-11-26)32(40)46-28-14-15-29(23(5)20-28)49-33(41)25-8-12-27(13-9-25)48-35(43)37-17-19-45-31(39)22(3)4/h6-15,20H,1,3,16-19H2,2,4-5H3,(H,36,42)(H,37,43). The predicted octanol–water partition coefficient (Wildman–Crippen LogP) is 4.85. The number of benzene rings is 3. The van der Waals surface area contributed by atoms with Gasteiger partial charge < -0.3 is 39.1 Å². The molecule has 3 aromatic rings. The quantitative estimate of drug-likeness (QED) is 0.103. The van der Waals surface area contributed by atoms with Gasteiger partial charge in [-0.15, -0.1) is 0 Å². The lowest BCUT2D eigenvalue weighted by molar-refractivity contribution is -0.139. The number of hydrogen-bond acceptors (Lipinski definition) is 12. The number of ether oxygens (including phenoxy) is 6. The average Bonchev–Trinajstić information content (AvgIpc) is 3.06. The molecule has 0 bridgehead atoms. The molecule has 0 aliphatic carbocycles. The summed E-state index contributed by atoms with van der Waals surface area (Å²) >= 11 is 0. The Balaban J connectivity index is 1.45. The van der Waals surface area contributed by atoms with Crippen LogP contribution in [0.15, 0.2) is 91.0 Å². The highest BCUT2D eigenvalue weighted by atomic mass is 16.6. The fourth-order valence-corrected chi connectivity index (χ4v) is 3.57. The minimum absolute atomic E-state index is 0.0322. The monoisotopic (exact) mass is 674 g/mol. The summed E-state index contributed by atoms with van der Waals surface area (Å²) in [5.41, 5.74) is 1.36. The van der Waals surface area contributed by atoms with Crippen molar-refractivity contribution in [3.05, 3.63) is 108 Å². The van der Waals surface area contributed by atoms with E-state index < -0.39 is 36.1 Å². The largest absolute Gasteiger partial charge is 0.460 e. The Kier molecular flexibility index (Phi) is 13.6. The SMILES string of the molecule is C=C(C)C(=O)OCCNC(=O)Oc1ccc(C(=O)Oc2ccc(OC(=O)c3ccc(OC(=O)NCCOC(=O)C(=C)C)cc3)c(C)c2)cc1. The van der Waals surface area contributed by atoms with Crippen LogP contribution in [0.3, 0.4) is 0 Å². The third-order valence-electron chi connectivity index (χ3n) is 6.07. The Hall–Kier alpha value is -6.44. The molecule has 0 aliphatic rings. The van der Waals surface area contributed by atoms with Crippen LogP contribution in [0.25, 0.3) is 0 Å². The predicted molar refractivity (Wildman–Crippen MR) is 174 cm³/mol. The van der Waals surface area contributed by atoms with Crippen LogP contribution < -0.4 is 29.6 Å². The summed E-state index contributed by atoms with van der Waals surface area (Å²) in [7, 11) is 0. The van der Waals surface area contributed by atoms with Crippen molar-refractivity contribution in [1.29, 1.82) is 0 Å². The molecule has 0 aliphatic heterocycles. The van der Waals surface area contributed by atoms with Crippen LogP contribution >= 0.6 is 0 Å². The molecule has 3 aromatic carbocycles. The number of aryl methyl sites for hydroxylation is 1. The normalized spacial score (nSPS) is 10.1. The summed E-state index contributed by atoms with van der Waals surface area (Å²) in [5, 5.41) is 4.85. The van der Waals surface area contributed by atoms with Crippen molar-refractivity contribution in [3.63, 3.8) is 0 Å². The first-order valence-electron chi connectivity index (χ1n) is 14.6. The molecule has 256 valence electrons. The van der Waals surface area contributed by atoms with Crippen LogP contribution in [0.2, 0.25) is 0 Å². The van der Waals surface area contributed by atoms with Gasteiger partial charge >= 0.3 is 36.1 Å². The number of nitrogens with one attached hydrogen (secondary N) is 2. The Bertz CT molecular complexity index is 1730. The molecule has 0 saturated carbocycles. The highest BCUT2D eigenvalue weighted by molar-refractivity contribution is 5.92. The molecule has 0 fully saturated rings. The van der Waals surface area contributed by atoms with Gasteiger partial charge in [0, 0.05) is 11.1 Å². The van der Waals surface area contributed by atoms with Gasteiger partial charge in [-0.05, 0) is 93.1 Å². The zero-order valence-corrected chi connectivity index (χ0v) is 27.0. The van der Waals surface area contributed by atoms with Crippen molar-refractivity contribution in [1.82, 2.24) is 10.6 Å². The second kappa shape index (κ2) is 18.0. The van der Waals surface area contributed by atoms with E-state index in [1.165, 1.54) is 80.6 Å². The Morgan fingerprint density at radius 3 is 1.39 bits per heavy atom. The summed E-state index contributed by atoms with van der Waals surface area (Å²) in [6.07, 6.45) is -1.55. The van der Waals surface area contributed by atoms with E-state index in [2.05, 4.69) is 23.8 Å². The van der Waals surface area contributed by atoms with E-state index in [0.29, 0.717) is 5.56 Å². The van der Waals surface area contributed by atoms with Gasteiger partial charge in [-0.25, -0.2) is 28.8 Å². The van der Waals surface area contributed by atoms with Crippen molar-refractivity contribution >= 4 is 36.1 Å². The third-order valence-corrected chi connectivity index (χ3v) is 6.07. The highest BCUT2D eigenvalue weighted by Crippen LogP contribution is 2.26. The van der Waals surface area contributed by atoms with Crippen LogP contribution in [0, 0.1) is 6.92 Å². The molecule has 49 heavy (non-hydrogen) atoms. The van der Waals surface area contributed by atoms with Crippen molar-refractivity contribution in [3.8, 4) is 23.0 Å². The van der Waals surface area contributed by atoms with Gasteiger partial charge in [0.2, 0.25) is 0 Å². The Labute approximate surface area is 281 Å². The molecule has 0 aromatic heterocycles. The molecular weight excluding hydrogens is 640 g/mol. The molecule has 0 unspecified atom stereocenters. The molecule has 0 spiro atoms. The van der Waals surface area contributed by atoms with Crippen molar-refractivity contribution in [2.45, 2.75) is 20.8 Å².